The van der Waals surface area contributed by atoms with Gasteiger partial charge in [0, 0.05) is 5.92 Å². The number of ether oxygens (including phenoxy) is 2. The number of allylic oxidation sites excluding steroid dienone is 1. The van der Waals surface area contributed by atoms with Crippen LogP contribution < -0.4 is 0 Å². The van der Waals surface area contributed by atoms with Crippen LogP contribution in [0.3, 0.4) is 0 Å². The van der Waals surface area contributed by atoms with Gasteiger partial charge in [-0.25, -0.2) is 8.42 Å². The van der Waals surface area contributed by atoms with Gasteiger partial charge in [0.15, 0.2) is 21.4 Å². The quantitative estimate of drug-likeness (QED) is 0.706. The van der Waals surface area contributed by atoms with Crippen molar-refractivity contribution < 1.29 is 22.7 Å². The number of hydrogen-bond donors (Lipinski definition) is 0. The Bertz CT molecular complexity index is 761. The minimum absolute atomic E-state index is 0.147. The predicted molar refractivity (Wildman–Crippen MR) is 101 cm³/mol. The van der Waals surface area contributed by atoms with E-state index in [2.05, 4.69) is 6.08 Å². The molecule has 1 fully saturated rings. The first-order valence-corrected chi connectivity index (χ1v) is 10.5. The summed E-state index contributed by atoms with van der Waals surface area (Å²) in [5.41, 5.74) is 1.17. The Morgan fingerprint density at radius 3 is 2.35 bits per heavy atom. The highest BCUT2D eigenvalue weighted by Gasteiger charge is 2.44. The summed E-state index contributed by atoms with van der Waals surface area (Å²) in [5, 5.41) is 0. The molecule has 2 rings (SSSR count). The molecule has 1 saturated heterocycles. The number of Topliss-reactive ketones (excluding diaryl/α,β-unsaturated/α-hetero) is 1. The second kappa shape index (κ2) is 8.03. The van der Waals surface area contributed by atoms with Gasteiger partial charge in [-0.05, 0) is 46.2 Å². The van der Waals surface area contributed by atoms with Crippen molar-refractivity contribution in [3.8, 4) is 0 Å². The standard InChI is InChI=1S/C20H28O5S/c1-14(2)11-12-18-15(3)19(25-20(4,5)24-18)17(21)13-26(22,23)16-9-7-6-8-10-16/h6-11,15,18-19H,12-13H2,1-5H3/t15-,18-,19+/m0/s1. The fourth-order valence-electron chi connectivity index (χ4n) is 3.06. The van der Waals surface area contributed by atoms with Crippen molar-refractivity contribution in [1.82, 2.24) is 0 Å². The van der Waals surface area contributed by atoms with E-state index >= 15 is 0 Å². The maximum atomic E-state index is 12.8. The third-order valence-corrected chi connectivity index (χ3v) is 6.08. The molecule has 1 aliphatic rings. The Morgan fingerprint density at radius 2 is 1.77 bits per heavy atom. The number of sulfone groups is 1. The molecule has 0 unspecified atom stereocenters. The number of ketones is 1. The van der Waals surface area contributed by atoms with E-state index in [1.54, 1.807) is 32.0 Å². The minimum atomic E-state index is -3.70. The van der Waals surface area contributed by atoms with E-state index in [0.717, 1.165) is 0 Å². The van der Waals surface area contributed by atoms with Crippen LogP contribution in [0.2, 0.25) is 0 Å². The molecule has 5 nitrogen and oxygen atoms in total. The summed E-state index contributed by atoms with van der Waals surface area (Å²) in [6.45, 7) is 9.38. The lowest BCUT2D eigenvalue weighted by Gasteiger charge is -2.44. The average Bonchev–Trinajstić information content (AvgIpc) is 2.55. The van der Waals surface area contributed by atoms with Crippen LogP contribution in [0.15, 0.2) is 46.9 Å². The largest absolute Gasteiger partial charge is 0.347 e. The first kappa shape index (κ1) is 20.8. The first-order chi connectivity index (χ1) is 12.0. The summed E-state index contributed by atoms with van der Waals surface area (Å²) in [6, 6.07) is 8.02. The van der Waals surface area contributed by atoms with Crippen molar-refractivity contribution in [2.75, 3.05) is 5.75 Å². The van der Waals surface area contributed by atoms with Crippen molar-refractivity contribution in [3.63, 3.8) is 0 Å². The molecule has 6 heteroatoms. The molecule has 0 bridgehead atoms. The highest BCUT2D eigenvalue weighted by molar-refractivity contribution is 7.92. The fourth-order valence-corrected chi connectivity index (χ4v) is 4.34. The highest BCUT2D eigenvalue weighted by Crippen LogP contribution is 2.34. The SMILES string of the molecule is CC(C)=CC[C@@H]1OC(C)(C)O[C@@H](C(=O)CS(=O)(=O)c2ccccc2)[C@H]1C. The molecule has 0 aliphatic carbocycles. The third kappa shape index (κ3) is 5.25. The van der Waals surface area contributed by atoms with Gasteiger partial charge in [0.2, 0.25) is 0 Å². The van der Waals surface area contributed by atoms with Gasteiger partial charge in [0.05, 0.1) is 11.0 Å². The molecule has 0 saturated carbocycles. The summed E-state index contributed by atoms with van der Waals surface area (Å²) in [6.07, 6.45) is 1.70. The molecule has 1 heterocycles. The molecular weight excluding hydrogens is 352 g/mol. The van der Waals surface area contributed by atoms with Crippen LogP contribution in [0.5, 0.6) is 0 Å². The molecule has 0 amide bonds. The monoisotopic (exact) mass is 380 g/mol. The fraction of sp³-hybridized carbons (Fsp3) is 0.550. The van der Waals surface area contributed by atoms with Gasteiger partial charge in [-0.1, -0.05) is 36.8 Å². The van der Waals surface area contributed by atoms with Crippen LogP contribution in [0.25, 0.3) is 0 Å². The van der Waals surface area contributed by atoms with Gasteiger partial charge < -0.3 is 9.47 Å². The number of carbonyl (C=O) groups is 1. The van der Waals surface area contributed by atoms with Crippen LogP contribution in [-0.2, 0) is 24.1 Å². The van der Waals surface area contributed by atoms with E-state index in [1.807, 2.05) is 20.8 Å². The van der Waals surface area contributed by atoms with Crippen molar-refractivity contribution in [2.24, 2.45) is 5.92 Å². The third-order valence-electron chi connectivity index (χ3n) is 4.42. The van der Waals surface area contributed by atoms with Gasteiger partial charge in [-0.3, -0.25) is 4.79 Å². The number of carbonyl (C=O) groups excluding carboxylic acids is 1. The predicted octanol–water partition coefficient (Wildman–Crippen LogP) is 3.54. The van der Waals surface area contributed by atoms with Gasteiger partial charge in [-0.15, -0.1) is 0 Å². The van der Waals surface area contributed by atoms with Crippen LogP contribution in [0.4, 0.5) is 0 Å². The van der Waals surface area contributed by atoms with Crippen molar-refractivity contribution >= 4 is 15.6 Å². The van der Waals surface area contributed by atoms with Crippen molar-refractivity contribution in [2.45, 2.75) is 63.9 Å². The lowest BCUT2D eigenvalue weighted by Crippen LogP contribution is -2.53. The van der Waals surface area contributed by atoms with E-state index in [-0.39, 0.29) is 16.9 Å². The molecule has 1 aromatic rings. The second-order valence-corrected chi connectivity index (χ2v) is 9.50. The molecule has 0 radical (unpaired) electrons. The Morgan fingerprint density at radius 1 is 1.15 bits per heavy atom. The van der Waals surface area contributed by atoms with Gasteiger partial charge >= 0.3 is 0 Å². The summed E-state index contributed by atoms with van der Waals surface area (Å²) >= 11 is 0. The molecule has 0 N–H and O–H groups in total. The number of hydrogen-bond acceptors (Lipinski definition) is 5. The number of benzene rings is 1. The molecule has 1 aromatic carbocycles. The topological polar surface area (TPSA) is 69.7 Å². The number of rotatable bonds is 6. The zero-order valence-corrected chi connectivity index (χ0v) is 16.9. The summed E-state index contributed by atoms with van der Waals surface area (Å²) in [7, 11) is -3.70. The molecular formula is C20H28O5S. The Balaban J connectivity index is 2.19. The lowest BCUT2D eigenvalue weighted by molar-refractivity contribution is -0.310. The molecule has 3 atom stereocenters. The molecule has 144 valence electrons. The molecule has 26 heavy (non-hydrogen) atoms. The van der Waals surface area contributed by atoms with Gasteiger partial charge in [0.25, 0.3) is 0 Å². The van der Waals surface area contributed by atoms with E-state index in [9.17, 15) is 13.2 Å². The van der Waals surface area contributed by atoms with Gasteiger partial charge in [0.1, 0.15) is 11.9 Å². The molecule has 1 aliphatic heterocycles. The zero-order valence-electron chi connectivity index (χ0n) is 16.1. The van der Waals surface area contributed by atoms with Gasteiger partial charge in [-0.2, -0.15) is 0 Å². The van der Waals surface area contributed by atoms with Crippen LogP contribution in [0.1, 0.15) is 41.0 Å². The normalized spacial score (nSPS) is 25.5. The summed E-state index contributed by atoms with van der Waals surface area (Å²) < 4.78 is 36.8. The van der Waals surface area contributed by atoms with E-state index in [4.69, 9.17) is 9.47 Å². The maximum absolute atomic E-state index is 12.8. The Kier molecular flexibility index (Phi) is 6.42. The second-order valence-electron chi connectivity index (χ2n) is 7.51. The first-order valence-electron chi connectivity index (χ1n) is 8.81. The van der Waals surface area contributed by atoms with Crippen LogP contribution >= 0.6 is 0 Å². The minimum Gasteiger partial charge on any atom is -0.347 e. The van der Waals surface area contributed by atoms with Crippen LogP contribution in [-0.4, -0.2) is 37.9 Å². The van der Waals surface area contributed by atoms with E-state index in [1.165, 1.54) is 17.7 Å². The maximum Gasteiger partial charge on any atom is 0.185 e. The zero-order chi connectivity index (χ0) is 19.5. The van der Waals surface area contributed by atoms with Crippen molar-refractivity contribution in [1.29, 1.82) is 0 Å². The summed E-state index contributed by atoms with van der Waals surface area (Å²) in [5.74, 6) is -2.18. The van der Waals surface area contributed by atoms with E-state index in [0.29, 0.717) is 6.42 Å². The average molecular weight is 381 g/mol. The van der Waals surface area contributed by atoms with Crippen molar-refractivity contribution in [3.05, 3.63) is 42.0 Å². The van der Waals surface area contributed by atoms with E-state index < -0.39 is 33.3 Å². The highest BCUT2D eigenvalue weighted by atomic mass is 32.2. The molecule has 0 spiro atoms. The summed E-state index contributed by atoms with van der Waals surface area (Å²) in [4.78, 5) is 12.9. The Labute approximate surface area is 156 Å². The Hall–Kier alpha value is -1.50. The van der Waals surface area contributed by atoms with Crippen LogP contribution in [0, 0.1) is 5.92 Å². The lowest BCUT2D eigenvalue weighted by atomic mass is 9.90. The molecule has 0 aromatic heterocycles. The smallest absolute Gasteiger partial charge is 0.185 e.